The Balaban J connectivity index is 3.20. The second-order valence-corrected chi connectivity index (χ2v) is 3.30. The Morgan fingerprint density at radius 2 is 2.40 bits per heavy atom. The lowest BCUT2D eigenvalue weighted by atomic mass is 10.5. The molecule has 0 atom stereocenters. The van der Waals surface area contributed by atoms with Gasteiger partial charge < -0.3 is 10.4 Å². The first-order valence-electron chi connectivity index (χ1n) is 2.73. The highest BCUT2D eigenvalue weighted by molar-refractivity contribution is 8.22. The molecule has 2 N–H and O–H groups in total. The van der Waals surface area contributed by atoms with E-state index in [1.54, 1.807) is 7.05 Å². The van der Waals surface area contributed by atoms with E-state index >= 15 is 0 Å². The number of aliphatic carboxylic acids is 1. The number of thioether (sulfide) groups is 1. The molecular weight excluding hydrogens is 170 g/mol. The van der Waals surface area contributed by atoms with Gasteiger partial charge in [-0.05, 0) is 0 Å². The van der Waals surface area contributed by atoms with Gasteiger partial charge in [0.15, 0.2) is 0 Å². The van der Waals surface area contributed by atoms with E-state index < -0.39 is 5.97 Å². The zero-order chi connectivity index (χ0) is 7.98. The third-order valence-electron chi connectivity index (χ3n) is 0.753. The summed E-state index contributed by atoms with van der Waals surface area (Å²) in [6, 6.07) is 0. The molecule has 0 unspecified atom stereocenters. The SMILES string of the molecule is CNC(=S)SCCC(=O)O. The molecule has 0 aromatic heterocycles. The monoisotopic (exact) mass is 179 g/mol. The van der Waals surface area contributed by atoms with E-state index in [1.807, 2.05) is 0 Å². The summed E-state index contributed by atoms with van der Waals surface area (Å²) < 4.78 is 0.640. The van der Waals surface area contributed by atoms with Gasteiger partial charge in [0, 0.05) is 12.8 Å². The summed E-state index contributed by atoms with van der Waals surface area (Å²) >= 11 is 6.11. The molecule has 0 aliphatic heterocycles. The molecule has 0 amide bonds. The van der Waals surface area contributed by atoms with Crippen LogP contribution in [0.15, 0.2) is 0 Å². The summed E-state index contributed by atoms with van der Waals surface area (Å²) in [7, 11) is 1.72. The summed E-state index contributed by atoms with van der Waals surface area (Å²) in [6.45, 7) is 0. The Bertz CT molecular complexity index is 138. The molecule has 0 spiro atoms. The second-order valence-electron chi connectivity index (χ2n) is 1.53. The largest absolute Gasteiger partial charge is 0.481 e. The molecule has 0 aromatic carbocycles. The van der Waals surface area contributed by atoms with Crippen molar-refractivity contribution in [1.82, 2.24) is 5.32 Å². The first-order valence-corrected chi connectivity index (χ1v) is 4.12. The lowest BCUT2D eigenvalue weighted by Gasteiger charge is -1.98. The van der Waals surface area contributed by atoms with Crippen molar-refractivity contribution in [2.24, 2.45) is 0 Å². The van der Waals surface area contributed by atoms with Crippen LogP contribution in [0.4, 0.5) is 0 Å². The summed E-state index contributed by atoms with van der Waals surface area (Å²) in [5.74, 6) is -0.249. The van der Waals surface area contributed by atoms with Gasteiger partial charge in [0.05, 0.1) is 6.42 Å². The molecule has 0 saturated carbocycles. The predicted octanol–water partition coefficient (Wildman–Crippen LogP) is 0.699. The molecule has 0 bridgehead atoms. The molecular formula is C5H9NO2S2. The van der Waals surface area contributed by atoms with Gasteiger partial charge in [0.1, 0.15) is 4.32 Å². The number of thiocarbonyl (C=S) groups is 1. The molecule has 0 rings (SSSR count). The lowest BCUT2D eigenvalue weighted by Crippen LogP contribution is -2.12. The highest BCUT2D eigenvalue weighted by atomic mass is 32.2. The maximum Gasteiger partial charge on any atom is 0.304 e. The number of rotatable bonds is 3. The standard InChI is InChI=1S/C5H9NO2S2/c1-6-5(9)10-3-2-4(7)8/h2-3H2,1H3,(H,6,9)(H,7,8). The normalized spacial score (nSPS) is 8.90. The van der Waals surface area contributed by atoms with E-state index in [4.69, 9.17) is 17.3 Å². The third-order valence-corrected chi connectivity index (χ3v) is 2.19. The number of hydrogen-bond donors (Lipinski definition) is 2. The Labute approximate surface area is 69.2 Å². The second kappa shape index (κ2) is 5.49. The zero-order valence-corrected chi connectivity index (χ0v) is 7.22. The van der Waals surface area contributed by atoms with Crippen LogP contribution in [0, 0.1) is 0 Å². The van der Waals surface area contributed by atoms with Crippen LogP contribution in [-0.2, 0) is 4.79 Å². The van der Waals surface area contributed by atoms with Crippen molar-refractivity contribution in [2.45, 2.75) is 6.42 Å². The van der Waals surface area contributed by atoms with Gasteiger partial charge in [-0.2, -0.15) is 0 Å². The molecule has 0 aliphatic rings. The number of hydrogen-bond acceptors (Lipinski definition) is 3. The van der Waals surface area contributed by atoms with Crippen molar-refractivity contribution >= 4 is 34.3 Å². The average molecular weight is 179 g/mol. The maximum atomic E-state index is 9.99. The minimum Gasteiger partial charge on any atom is -0.481 e. The van der Waals surface area contributed by atoms with Gasteiger partial charge >= 0.3 is 5.97 Å². The molecule has 0 fully saturated rings. The maximum absolute atomic E-state index is 9.99. The van der Waals surface area contributed by atoms with Crippen LogP contribution >= 0.6 is 24.0 Å². The Hall–Kier alpha value is -0.290. The minimum absolute atomic E-state index is 0.159. The van der Waals surface area contributed by atoms with Crippen LogP contribution in [0.3, 0.4) is 0 Å². The van der Waals surface area contributed by atoms with E-state index in [-0.39, 0.29) is 6.42 Å². The van der Waals surface area contributed by atoms with E-state index in [0.717, 1.165) is 0 Å². The fraction of sp³-hybridized carbons (Fsp3) is 0.600. The molecule has 0 aliphatic carbocycles. The third kappa shape index (κ3) is 5.84. The van der Waals surface area contributed by atoms with Crippen LogP contribution < -0.4 is 5.32 Å². The number of carboxylic acid groups (broad SMARTS) is 1. The number of nitrogens with one attached hydrogen (secondary N) is 1. The van der Waals surface area contributed by atoms with Crippen molar-refractivity contribution in [3.05, 3.63) is 0 Å². The summed E-state index contributed by atoms with van der Waals surface area (Å²) in [4.78, 5) is 9.99. The summed E-state index contributed by atoms with van der Waals surface area (Å²) in [5, 5.41) is 11.0. The smallest absolute Gasteiger partial charge is 0.304 e. The zero-order valence-electron chi connectivity index (χ0n) is 5.59. The molecule has 0 radical (unpaired) electrons. The summed E-state index contributed by atoms with van der Waals surface area (Å²) in [5.41, 5.74) is 0. The van der Waals surface area contributed by atoms with E-state index in [2.05, 4.69) is 5.32 Å². The van der Waals surface area contributed by atoms with Crippen LogP contribution in [0.1, 0.15) is 6.42 Å². The van der Waals surface area contributed by atoms with Gasteiger partial charge in [0.2, 0.25) is 0 Å². The van der Waals surface area contributed by atoms with Gasteiger partial charge in [-0.1, -0.05) is 24.0 Å². The Morgan fingerprint density at radius 3 is 2.80 bits per heavy atom. The molecule has 10 heavy (non-hydrogen) atoms. The molecule has 0 aromatic rings. The number of carboxylic acids is 1. The van der Waals surface area contributed by atoms with Gasteiger partial charge in [-0.25, -0.2) is 0 Å². The highest BCUT2D eigenvalue weighted by Crippen LogP contribution is 2.02. The number of carbonyl (C=O) groups is 1. The minimum atomic E-state index is -0.786. The highest BCUT2D eigenvalue weighted by Gasteiger charge is 1.97. The van der Waals surface area contributed by atoms with Crippen molar-refractivity contribution in [2.75, 3.05) is 12.8 Å². The van der Waals surface area contributed by atoms with E-state index in [0.29, 0.717) is 10.1 Å². The molecule has 0 heterocycles. The molecule has 3 nitrogen and oxygen atoms in total. The van der Waals surface area contributed by atoms with Crippen LogP contribution in [0.2, 0.25) is 0 Å². The lowest BCUT2D eigenvalue weighted by molar-refractivity contribution is -0.136. The first-order chi connectivity index (χ1) is 4.66. The molecule has 58 valence electrons. The fourth-order valence-electron chi connectivity index (χ4n) is 0.303. The predicted molar refractivity (Wildman–Crippen MR) is 46.4 cm³/mol. The van der Waals surface area contributed by atoms with Crippen molar-refractivity contribution < 1.29 is 9.90 Å². The average Bonchev–Trinajstić information content (AvgIpc) is 1.87. The van der Waals surface area contributed by atoms with Crippen molar-refractivity contribution in [1.29, 1.82) is 0 Å². The van der Waals surface area contributed by atoms with Crippen molar-refractivity contribution in [3.8, 4) is 0 Å². The summed E-state index contributed by atoms with van der Waals surface area (Å²) in [6.07, 6.45) is 0.159. The fourth-order valence-corrected chi connectivity index (χ4v) is 1.16. The van der Waals surface area contributed by atoms with E-state index in [1.165, 1.54) is 11.8 Å². The van der Waals surface area contributed by atoms with Crippen LogP contribution in [0.25, 0.3) is 0 Å². The van der Waals surface area contributed by atoms with Gasteiger partial charge in [0.25, 0.3) is 0 Å². The first kappa shape index (κ1) is 9.71. The molecule has 0 saturated heterocycles. The Morgan fingerprint density at radius 1 is 1.80 bits per heavy atom. The topological polar surface area (TPSA) is 49.3 Å². The van der Waals surface area contributed by atoms with Crippen LogP contribution in [0.5, 0.6) is 0 Å². The Kier molecular flexibility index (Phi) is 5.33. The van der Waals surface area contributed by atoms with Crippen molar-refractivity contribution in [3.63, 3.8) is 0 Å². The van der Waals surface area contributed by atoms with Crippen LogP contribution in [-0.4, -0.2) is 28.2 Å². The van der Waals surface area contributed by atoms with E-state index in [9.17, 15) is 4.79 Å². The molecule has 5 heteroatoms. The quantitative estimate of drug-likeness (QED) is 0.624. The van der Waals surface area contributed by atoms with Gasteiger partial charge in [-0.15, -0.1) is 0 Å². The van der Waals surface area contributed by atoms with Gasteiger partial charge in [-0.3, -0.25) is 4.79 Å².